The van der Waals surface area contributed by atoms with Crippen LogP contribution < -0.4 is 21.3 Å². The molecule has 0 radical (unpaired) electrons. The van der Waals surface area contributed by atoms with Crippen LogP contribution in [0.5, 0.6) is 0 Å². The van der Waals surface area contributed by atoms with Gasteiger partial charge in [0.15, 0.2) is 11.4 Å². The summed E-state index contributed by atoms with van der Waals surface area (Å²) in [6, 6.07) is 7.19. The second-order valence-electron chi connectivity index (χ2n) is 9.55. The van der Waals surface area contributed by atoms with Crippen LogP contribution in [0, 0.1) is 5.92 Å². The number of carbonyl (C=O) groups excluding carboxylic acids is 2. The van der Waals surface area contributed by atoms with E-state index in [4.69, 9.17) is 10.2 Å². The van der Waals surface area contributed by atoms with E-state index in [1.54, 1.807) is 31.1 Å². The minimum atomic E-state index is -1.38. The molecule has 0 saturated carbocycles. The summed E-state index contributed by atoms with van der Waals surface area (Å²) in [6.45, 7) is 3.68. The molecule has 1 fully saturated rings. The van der Waals surface area contributed by atoms with Crippen molar-refractivity contribution >= 4 is 46.2 Å². The number of nitrogens with zero attached hydrogens (tertiary/aromatic N) is 3. The highest BCUT2D eigenvalue weighted by atomic mass is 32.1. The van der Waals surface area contributed by atoms with Crippen molar-refractivity contribution in [2.75, 3.05) is 37.8 Å². The average molecular weight is 562 g/mol. The Labute approximate surface area is 230 Å². The van der Waals surface area contributed by atoms with Crippen LogP contribution in [0.1, 0.15) is 35.9 Å². The summed E-state index contributed by atoms with van der Waals surface area (Å²) in [6.07, 6.45) is -0.830. The SMILES string of the molecule is CC(=O)Nc1nc(CCc2ccc(NC(NC(=O)O)NC(=O)O)cc2)c(CN2CCC[C@@H](C(=O)N(C)C)C2)s1. The highest BCUT2D eigenvalue weighted by Crippen LogP contribution is 2.28. The standard InChI is InChI=1S/C25H35N7O6S/c1-15(33)26-23-28-19(20(39-23)14-32-12-4-5-17(13-32)21(34)31(2)3)11-8-16-6-9-18(10-7-16)27-22(29-24(35)36)30-25(37)38/h6-7,9-10,17,22,27,29-30H,4-5,8,11-14H2,1-3H3,(H,35,36)(H,37,38)(H,26,28,33)/t17-/m1/s1. The zero-order chi connectivity index (χ0) is 28.5. The summed E-state index contributed by atoms with van der Waals surface area (Å²) < 4.78 is 0. The third kappa shape index (κ3) is 9.41. The number of amides is 4. The van der Waals surface area contributed by atoms with Crippen molar-refractivity contribution in [1.29, 1.82) is 0 Å². The summed E-state index contributed by atoms with van der Waals surface area (Å²) in [5.74, 6) is -0.0689. The molecular weight excluding hydrogens is 526 g/mol. The van der Waals surface area contributed by atoms with E-state index in [2.05, 4.69) is 20.5 Å². The lowest BCUT2D eigenvalue weighted by atomic mass is 9.96. The predicted octanol–water partition coefficient (Wildman–Crippen LogP) is 2.42. The number of benzene rings is 1. The third-order valence-electron chi connectivity index (χ3n) is 6.17. The zero-order valence-corrected chi connectivity index (χ0v) is 23.0. The van der Waals surface area contributed by atoms with Gasteiger partial charge in [-0.15, -0.1) is 11.3 Å². The normalized spacial score (nSPS) is 15.4. The minimum Gasteiger partial charge on any atom is -0.465 e. The summed E-state index contributed by atoms with van der Waals surface area (Å²) in [7, 11) is 3.56. The maximum Gasteiger partial charge on any atom is 0.407 e. The topological polar surface area (TPSA) is 176 Å². The lowest BCUT2D eigenvalue weighted by Crippen LogP contribution is -2.52. The molecule has 4 amide bonds. The minimum absolute atomic E-state index is 0.0249. The lowest BCUT2D eigenvalue weighted by Gasteiger charge is -2.33. The van der Waals surface area contributed by atoms with Gasteiger partial charge in [-0.25, -0.2) is 14.6 Å². The maximum atomic E-state index is 12.5. The Bertz CT molecular complexity index is 1150. The van der Waals surface area contributed by atoms with Gasteiger partial charge in [-0.2, -0.15) is 0 Å². The van der Waals surface area contributed by atoms with Crippen LogP contribution in [0.4, 0.5) is 20.4 Å². The molecule has 2 heterocycles. The number of nitrogens with one attached hydrogen (secondary N) is 4. The molecular formula is C25H35N7O6S. The molecule has 14 heteroatoms. The van der Waals surface area contributed by atoms with Crippen molar-refractivity contribution in [3.05, 3.63) is 40.4 Å². The molecule has 1 aliphatic heterocycles. The van der Waals surface area contributed by atoms with Crippen LogP contribution in [0.3, 0.4) is 0 Å². The van der Waals surface area contributed by atoms with Crippen molar-refractivity contribution in [3.8, 4) is 0 Å². The van der Waals surface area contributed by atoms with Crippen molar-refractivity contribution in [3.63, 3.8) is 0 Å². The van der Waals surface area contributed by atoms with Gasteiger partial charge in [0.2, 0.25) is 11.8 Å². The first-order valence-corrected chi connectivity index (χ1v) is 13.4. The smallest absolute Gasteiger partial charge is 0.407 e. The number of piperidine rings is 1. The molecule has 39 heavy (non-hydrogen) atoms. The van der Waals surface area contributed by atoms with E-state index in [0.29, 0.717) is 36.8 Å². The molecule has 13 nitrogen and oxygen atoms in total. The highest BCUT2D eigenvalue weighted by Gasteiger charge is 2.28. The predicted molar refractivity (Wildman–Crippen MR) is 147 cm³/mol. The van der Waals surface area contributed by atoms with Gasteiger partial charge in [-0.1, -0.05) is 12.1 Å². The molecule has 0 bridgehead atoms. The Morgan fingerprint density at radius 2 is 1.77 bits per heavy atom. The molecule has 1 aromatic heterocycles. The number of rotatable bonds is 11. The molecule has 3 rings (SSSR count). The Morgan fingerprint density at radius 3 is 2.36 bits per heavy atom. The molecule has 212 valence electrons. The van der Waals surface area contributed by atoms with E-state index in [1.165, 1.54) is 18.3 Å². The van der Waals surface area contributed by atoms with E-state index in [0.717, 1.165) is 35.5 Å². The number of hydrogen-bond acceptors (Lipinski definition) is 8. The van der Waals surface area contributed by atoms with Gasteiger partial charge in [-0.3, -0.25) is 25.1 Å². The molecule has 6 N–H and O–H groups in total. The highest BCUT2D eigenvalue weighted by molar-refractivity contribution is 7.15. The largest absolute Gasteiger partial charge is 0.465 e. The van der Waals surface area contributed by atoms with Gasteiger partial charge in [0.05, 0.1) is 11.6 Å². The number of hydrogen-bond donors (Lipinski definition) is 6. The summed E-state index contributed by atoms with van der Waals surface area (Å²) in [5.41, 5.74) is 2.42. The number of likely N-dealkylation sites (tertiary alicyclic amines) is 1. The van der Waals surface area contributed by atoms with Gasteiger partial charge in [0, 0.05) is 44.7 Å². The molecule has 1 aliphatic rings. The third-order valence-corrected chi connectivity index (χ3v) is 7.17. The van der Waals surface area contributed by atoms with Crippen molar-refractivity contribution in [1.82, 2.24) is 25.4 Å². The van der Waals surface area contributed by atoms with E-state index < -0.39 is 18.5 Å². The summed E-state index contributed by atoms with van der Waals surface area (Å²) in [5, 5.41) is 28.0. The van der Waals surface area contributed by atoms with Crippen LogP contribution >= 0.6 is 11.3 Å². The first kappa shape index (κ1) is 29.6. The molecule has 0 aliphatic carbocycles. The Hall–Kier alpha value is -3.91. The van der Waals surface area contributed by atoms with Gasteiger partial charge in [0.1, 0.15) is 0 Å². The number of carbonyl (C=O) groups is 4. The van der Waals surface area contributed by atoms with E-state index in [1.807, 2.05) is 22.8 Å². The fraction of sp³-hybridized carbons (Fsp3) is 0.480. The fourth-order valence-corrected chi connectivity index (χ4v) is 5.52. The molecule has 1 atom stereocenters. The fourth-order valence-electron chi connectivity index (χ4n) is 4.43. The van der Waals surface area contributed by atoms with Gasteiger partial charge in [0.25, 0.3) is 0 Å². The Morgan fingerprint density at radius 1 is 1.10 bits per heavy atom. The molecule has 1 aromatic carbocycles. The van der Waals surface area contributed by atoms with Crippen LogP contribution in [-0.2, 0) is 29.0 Å². The summed E-state index contributed by atoms with van der Waals surface area (Å²) >= 11 is 1.45. The van der Waals surface area contributed by atoms with Crippen molar-refractivity contribution < 1.29 is 29.4 Å². The first-order chi connectivity index (χ1) is 18.5. The number of thiazole rings is 1. The van der Waals surface area contributed by atoms with Gasteiger partial charge in [-0.05, 0) is 49.9 Å². The second kappa shape index (κ2) is 13.8. The van der Waals surface area contributed by atoms with Crippen molar-refractivity contribution in [2.45, 2.75) is 45.4 Å². The quantitative estimate of drug-likeness (QED) is 0.225. The van der Waals surface area contributed by atoms with Crippen LogP contribution in [0.25, 0.3) is 0 Å². The van der Waals surface area contributed by atoms with Crippen molar-refractivity contribution in [2.24, 2.45) is 5.92 Å². The van der Waals surface area contributed by atoms with E-state index >= 15 is 0 Å². The second-order valence-corrected chi connectivity index (χ2v) is 10.6. The summed E-state index contributed by atoms with van der Waals surface area (Å²) in [4.78, 5) is 55.6. The monoisotopic (exact) mass is 561 g/mol. The molecule has 2 aromatic rings. The maximum absolute atomic E-state index is 12.5. The van der Waals surface area contributed by atoms with E-state index in [9.17, 15) is 19.2 Å². The first-order valence-electron chi connectivity index (χ1n) is 12.5. The van der Waals surface area contributed by atoms with Gasteiger partial charge < -0.3 is 25.7 Å². The van der Waals surface area contributed by atoms with E-state index in [-0.39, 0.29) is 17.7 Å². The molecule has 0 unspecified atom stereocenters. The lowest BCUT2D eigenvalue weighted by molar-refractivity contribution is -0.134. The number of carboxylic acid groups (broad SMARTS) is 2. The number of aryl methyl sites for hydroxylation is 2. The Balaban J connectivity index is 1.66. The van der Waals surface area contributed by atoms with Crippen LogP contribution in [-0.4, -0.2) is 82.5 Å². The average Bonchev–Trinajstić information content (AvgIpc) is 3.22. The molecule has 0 spiro atoms. The number of anilines is 2. The van der Waals surface area contributed by atoms with Crippen LogP contribution in [0.15, 0.2) is 24.3 Å². The van der Waals surface area contributed by atoms with Crippen LogP contribution in [0.2, 0.25) is 0 Å². The molecule has 1 saturated heterocycles. The van der Waals surface area contributed by atoms with Gasteiger partial charge >= 0.3 is 12.2 Å². The number of aromatic nitrogens is 1. The Kier molecular flexibility index (Phi) is 10.5. The zero-order valence-electron chi connectivity index (χ0n) is 22.2.